The Morgan fingerprint density at radius 1 is 1.15 bits per heavy atom. The molecule has 4 rings (SSSR count). The van der Waals surface area contributed by atoms with Crippen LogP contribution in [0.3, 0.4) is 0 Å². The van der Waals surface area contributed by atoms with E-state index in [1.165, 1.54) is 5.39 Å². The fourth-order valence-electron chi connectivity index (χ4n) is 3.68. The molecule has 1 aliphatic carbocycles. The molecule has 5 heteroatoms. The molecule has 0 aliphatic heterocycles. The lowest BCUT2D eigenvalue weighted by molar-refractivity contribution is 0.0941. The van der Waals surface area contributed by atoms with Gasteiger partial charge in [0.25, 0.3) is 5.91 Å². The van der Waals surface area contributed by atoms with E-state index in [9.17, 15) is 9.59 Å². The average Bonchev–Trinajstić information content (AvgIpc) is 3.03. The first-order chi connectivity index (χ1) is 13.1. The fraction of sp³-hybridized carbons (Fsp3) is 0.273. The molecular formula is C22H22N2O3. The molecule has 138 valence electrons. The lowest BCUT2D eigenvalue weighted by Gasteiger charge is -2.09. The number of Topliss-reactive ketones (excluding diaryl/α,β-unsaturated/α-hetero) is 1. The van der Waals surface area contributed by atoms with Crippen molar-refractivity contribution in [1.82, 2.24) is 10.3 Å². The first-order valence-corrected chi connectivity index (χ1v) is 9.28. The zero-order chi connectivity index (χ0) is 18.8. The first-order valence-electron chi connectivity index (χ1n) is 9.28. The van der Waals surface area contributed by atoms with E-state index >= 15 is 0 Å². The van der Waals surface area contributed by atoms with Gasteiger partial charge in [0.1, 0.15) is 18.1 Å². The van der Waals surface area contributed by atoms with E-state index in [-0.39, 0.29) is 11.7 Å². The Kier molecular flexibility index (Phi) is 4.67. The molecule has 0 saturated carbocycles. The van der Waals surface area contributed by atoms with E-state index < -0.39 is 0 Å². The second kappa shape index (κ2) is 7.27. The highest BCUT2D eigenvalue weighted by Gasteiger charge is 2.26. The number of carbonyl (C=O) groups is 2. The van der Waals surface area contributed by atoms with Gasteiger partial charge < -0.3 is 15.0 Å². The quantitative estimate of drug-likeness (QED) is 0.678. The maximum absolute atomic E-state index is 12.5. The van der Waals surface area contributed by atoms with Crippen molar-refractivity contribution in [2.24, 2.45) is 0 Å². The molecular weight excluding hydrogens is 340 g/mol. The summed E-state index contributed by atoms with van der Waals surface area (Å²) in [5, 5.41) is 5.15. The summed E-state index contributed by atoms with van der Waals surface area (Å²) in [5.74, 6) is 0.709. The smallest absolute Gasteiger partial charge is 0.268 e. The van der Waals surface area contributed by atoms with Crippen molar-refractivity contribution in [1.29, 1.82) is 0 Å². The number of aromatic nitrogens is 1. The fourth-order valence-corrected chi connectivity index (χ4v) is 3.68. The minimum absolute atomic E-state index is 0.128. The highest BCUT2D eigenvalue weighted by Crippen LogP contribution is 2.26. The van der Waals surface area contributed by atoms with Crippen LogP contribution in [0.15, 0.2) is 42.5 Å². The van der Waals surface area contributed by atoms with Crippen molar-refractivity contribution in [3.63, 3.8) is 0 Å². The molecule has 0 fully saturated rings. The number of ketones is 1. The van der Waals surface area contributed by atoms with Crippen LogP contribution in [0.2, 0.25) is 0 Å². The molecule has 0 radical (unpaired) electrons. The standard InChI is InChI=1S/C22H22N2O3/c1-14-20-18(7-4-8-19(20)25)24-21(14)22(26)23-11-12-27-17-10-9-15-5-2-3-6-16(15)13-17/h2-3,5-6,9-10,13,24H,4,7-8,11-12H2,1H3,(H,23,26). The summed E-state index contributed by atoms with van der Waals surface area (Å²) in [7, 11) is 0. The van der Waals surface area contributed by atoms with Gasteiger partial charge in [0.15, 0.2) is 5.78 Å². The molecule has 2 N–H and O–H groups in total. The van der Waals surface area contributed by atoms with Gasteiger partial charge in [-0.2, -0.15) is 0 Å². The molecule has 2 aromatic carbocycles. The van der Waals surface area contributed by atoms with E-state index in [1.807, 2.05) is 43.3 Å². The van der Waals surface area contributed by atoms with E-state index in [0.717, 1.165) is 35.2 Å². The Bertz CT molecular complexity index is 1020. The van der Waals surface area contributed by atoms with Gasteiger partial charge in [0.2, 0.25) is 0 Å². The number of fused-ring (bicyclic) bond motifs is 2. The first kappa shape index (κ1) is 17.3. The van der Waals surface area contributed by atoms with Crippen LogP contribution in [0, 0.1) is 6.92 Å². The van der Waals surface area contributed by atoms with Crippen molar-refractivity contribution < 1.29 is 14.3 Å². The van der Waals surface area contributed by atoms with Crippen LogP contribution < -0.4 is 10.1 Å². The minimum Gasteiger partial charge on any atom is -0.492 e. The van der Waals surface area contributed by atoms with Gasteiger partial charge >= 0.3 is 0 Å². The summed E-state index contributed by atoms with van der Waals surface area (Å²) >= 11 is 0. The molecule has 27 heavy (non-hydrogen) atoms. The molecule has 3 aromatic rings. The predicted octanol–water partition coefficient (Wildman–Crippen LogP) is 3.80. The zero-order valence-corrected chi connectivity index (χ0v) is 15.3. The third-order valence-corrected chi connectivity index (χ3v) is 5.04. The van der Waals surface area contributed by atoms with Crippen LogP contribution in [-0.2, 0) is 6.42 Å². The zero-order valence-electron chi connectivity index (χ0n) is 15.3. The Hall–Kier alpha value is -3.08. The molecule has 1 aliphatic rings. The summed E-state index contributed by atoms with van der Waals surface area (Å²) in [5.41, 5.74) is 2.84. The minimum atomic E-state index is -0.197. The van der Waals surface area contributed by atoms with E-state index in [4.69, 9.17) is 4.74 Å². The van der Waals surface area contributed by atoms with E-state index in [1.54, 1.807) is 0 Å². The lowest BCUT2D eigenvalue weighted by Crippen LogP contribution is -2.29. The number of nitrogens with one attached hydrogen (secondary N) is 2. The molecule has 5 nitrogen and oxygen atoms in total. The average molecular weight is 362 g/mol. The Morgan fingerprint density at radius 2 is 1.96 bits per heavy atom. The van der Waals surface area contributed by atoms with Crippen molar-refractivity contribution >= 4 is 22.5 Å². The summed E-state index contributed by atoms with van der Waals surface area (Å²) in [6.07, 6.45) is 2.22. The van der Waals surface area contributed by atoms with Gasteiger partial charge in [0, 0.05) is 17.7 Å². The Balaban J connectivity index is 1.35. The van der Waals surface area contributed by atoms with Gasteiger partial charge in [-0.25, -0.2) is 0 Å². The van der Waals surface area contributed by atoms with Gasteiger partial charge in [0.05, 0.1) is 6.54 Å². The molecule has 0 unspecified atom stereocenters. The van der Waals surface area contributed by atoms with Crippen LogP contribution in [0.5, 0.6) is 5.75 Å². The summed E-state index contributed by atoms with van der Waals surface area (Å²) in [6, 6.07) is 14.0. The number of hydrogen-bond acceptors (Lipinski definition) is 3. The van der Waals surface area contributed by atoms with Gasteiger partial charge in [-0.05, 0) is 48.2 Å². The second-order valence-corrected chi connectivity index (χ2v) is 6.87. The van der Waals surface area contributed by atoms with Crippen molar-refractivity contribution in [2.45, 2.75) is 26.2 Å². The highest BCUT2D eigenvalue weighted by molar-refractivity contribution is 6.04. The number of carbonyl (C=O) groups excluding carboxylic acids is 2. The SMILES string of the molecule is Cc1c(C(=O)NCCOc2ccc3ccccc3c2)[nH]c2c1C(=O)CCC2. The number of aryl methyl sites for hydroxylation is 1. The van der Waals surface area contributed by atoms with Crippen LogP contribution in [0.25, 0.3) is 10.8 Å². The molecule has 0 atom stereocenters. The monoisotopic (exact) mass is 362 g/mol. The molecule has 0 bridgehead atoms. The van der Waals surface area contributed by atoms with Crippen molar-refractivity contribution in [3.05, 3.63) is 65.0 Å². The highest BCUT2D eigenvalue weighted by atomic mass is 16.5. The molecule has 1 amide bonds. The van der Waals surface area contributed by atoms with Crippen LogP contribution in [0.4, 0.5) is 0 Å². The number of ether oxygens (including phenoxy) is 1. The summed E-state index contributed by atoms with van der Waals surface area (Å²) in [6.45, 7) is 2.60. The predicted molar refractivity (Wildman–Crippen MR) is 105 cm³/mol. The largest absolute Gasteiger partial charge is 0.492 e. The second-order valence-electron chi connectivity index (χ2n) is 6.87. The molecule has 0 spiro atoms. The van der Waals surface area contributed by atoms with E-state index in [2.05, 4.69) is 16.4 Å². The summed E-state index contributed by atoms with van der Waals surface area (Å²) in [4.78, 5) is 27.7. The lowest BCUT2D eigenvalue weighted by atomic mass is 9.94. The number of hydrogen-bond donors (Lipinski definition) is 2. The maximum Gasteiger partial charge on any atom is 0.268 e. The van der Waals surface area contributed by atoms with Crippen LogP contribution in [-0.4, -0.2) is 29.8 Å². The summed E-state index contributed by atoms with van der Waals surface area (Å²) < 4.78 is 5.75. The number of H-pyrrole nitrogens is 1. The molecule has 1 heterocycles. The van der Waals surface area contributed by atoms with Gasteiger partial charge in [-0.3, -0.25) is 9.59 Å². The normalized spacial score (nSPS) is 13.4. The van der Waals surface area contributed by atoms with Crippen molar-refractivity contribution in [2.75, 3.05) is 13.2 Å². The molecule has 0 saturated heterocycles. The van der Waals surface area contributed by atoms with Crippen molar-refractivity contribution in [3.8, 4) is 5.75 Å². The van der Waals surface area contributed by atoms with Gasteiger partial charge in [-0.1, -0.05) is 30.3 Å². The third-order valence-electron chi connectivity index (χ3n) is 5.04. The number of rotatable bonds is 5. The number of amides is 1. The van der Waals surface area contributed by atoms with Crippen LogP contribution >= 0.6 is 0 Å². The Labute approximate surface area is 157 Å². The van der Waals surface area contributed by atoms with Crippen LogP contribution in [0.1, 0.15) is 44.9 Å². The van der Waals surface area contributed by atoms with Gasteiger partial charge in [-0.15, -0.1) is 0 Å². The topological polar surface area (TPSA) is 71.2 Å². The third kappa shape index (κ3) is 3.45. The molecule has 1 aromatic heterocycles. The number of benzene rings is 2. The number of aromatic amines is 1. The maximum atomic E-state index is 12.5. The van der Waals surface area contributed by atoms with E-state index in [0.29, 0.717) is 30.8 Å². The Morgan fingerprint density at radius 3 is 2.78 bits per heavy atom.